The van der Waals surface area contributed by atoms with E-state index in [2.05, 4.69) is 15.5 Å². The largest absolute Gasteiger partial charge is 0.494 e. The lowest BCUT2D eigenvalue weighted by Crippen LogP contribution is -2.28. The first-order valence-corrected chi connectivity index (χ1v) is 5.79. The topological polar surface area (TPSA) is 140 Å². The van der Waals surface area contributed by atoms with Gasteiger partial charge < -0.3 is 5.11 Å². The van der Waals surface area contributed by atoms with Crippen LogP contribution in [0.5, 0.6) is 5.88 Å². The molecule has 2 aromatic rings. The van der Waals surface area contributed by atoms with Crippen molar-refractivity contribution in [2.45, 2.75) is 6.92 Å². The molecule has 0 bridgehead atoms. The second kappa shape index (κ2) is 5.82. The molecule has 1 amide bonds. The van der Waals surface area contributed by atoms with Gasteiger partial charge in [0.25, 0.3) is 11.5 Å². The Bertz CT molecular complexity index is 806. The van der Waals surface area contributed by atoms with Crippen molar-refractivity contribution in [3.8, 4) is 5.88 Å². The molecule has 0 unspecified atom stereocenters. The lowest BCUT2D eigenvalue weighted by atomic mass is 10.2. The summed E-state index contributed by atoms with van der Waals surface area (Å²) in [6.45, 7) is 1.40. The predicted molar refractivity (Wildman–Crippen MR) is 73.3 cm³/mol. The fourth-order valence-electron chi connectivity index (χ4n) is 1.57. The molecular weight excluding hydrogens is 278 g/mol. The summed E-state index contributed by atoms with van der Waals surface area (Å²) in [6.07, 6.45) is 2.90. The summed E-state index contributed by atoms with van der Waals surface area (Å²) in [4.78, 5) is 42.0. The molecule has 9 heteroatoms. The zero-order chi connectivity index (χ0) is 15.4. The number of H-pyrrole nitrogens is 2. The molecule has 2 rings (SSSR count). The van der Waals surface area contributed by atoms with E-state index in [9.17, 15) is 19.5 Å². The molecule has 9 nitrogen and oxygen atoms in total. The molecule has 4 N–H and O–H groups in total. The van der Waals surface area contributed by atoms with Gasteiger partial charge in [0.15, 0.2) is 0 Å². The number of hydrogen-bond donors (Lipinski definition) is 4. The van der Waals surface area contributed by atoms with E-state index in [0.29, 0.717) is 5.56 Å². The molecule has 0 spiro atoms. The Labute approximate surface area is 117 Å². The molecule has 0 radical (unpaired) electrons. The van der Waals surface area contributed by atoms with Gasteiger partial charge in [-0.3, -0.25) is 24.5 Å². The molecule has 0 aliphatic heterocycles. The van der Waals surface area contributed by atoms with Crippen molar-refractivity contribution >= 4 is 11.6 Å². The monoisotopic (exact) mass is 289 g/mol. The number of hydrazone groups is 1. The number of aromatic amines is 2. The third kappa shape index (κ3) is 3.21. The lowest BCUT2D eigenvalue weighted by Gasteiger charge is -2.03. The summed E-state index contributed by atoms with van der Waals surface area (Å²) in [5.41, 5.74) is 0.721. The normalized spacial score (nSPS) is 11.2. The van der Waals surface area contributed by atoms with Gasteiger partial charge in [-0.05, 0) is 19.1 Å². The highest BCUT2D eigenvalue weighted by Gasteiger charge is 2.12. The van der Waals surface area contributed by atoms with Crippen LogP contribution in [-0.4, -0.2) is 31.7 Å². The average Bonchev–Trinajstić information content (AvgIpc) is 2.44. The summed E-state index contributed by atoms with van der Waals surface area (Å²) < 4.78 is 0. The van der Waals surface area contributed by atoms with E-state index >= 15 is 0 Å². The quantitative estimate of drug-likeness (QED) is 0.437. The SMILES string of the molecule is CC(=NNC(=O)c1ccncc1)c1c(O)[nH]c(=O)[nH]c1=O. The Kier molecular flexibility index (Phi) is 3.93. The van der Waals surface area contributed by atoms with Crippen LogP contribution in [0.15, 0.2) is 39.2 Å². The third-order valence-corrected chi connectivity index (χ3v) is 2.55. The minimum atomic E-state index is -0.838. The number of nitrogens with one attached hydrogen (secondary N) is 3. The van der Waals surface area contributed by atoms with Gasteiger partial charge in [-0.15, -0.1) is 0 Å². The van der Waals surface area contributed by atoms with Crippen LogP contribution in [0, 0.1) is 0 Å². The van der Waals surface area contributed by atoms with E-state index in [1.165, 1.54) is 31.5 Å². The predicted octanol–water partition coefficient (Wildman–Crippen LogP) is -0.682. The number of nitrogens with zero attached hydrogens (tertiary/aromatic N) is 2. The van der Waals surface area contributed by atoms with Crippen molar-refractivity contribution in [1.82, 2.24) is 20.4 Å². The van der Waals surface area contributed by atoms with E-state index in [1.807, 2.05) is 9.97 Å². The van der Waals surface area contributed by atoms with E-state index < -0.39 is 23.0 Å². The molecule has 0 saturated heterocycles. The Morgan fingerprint density at radius 3 is 2.57 bits per heavy atom. The molecular formula is C12H11N5O4. The summed E-state index contributed by atoms with van der Waals surface area (Å²) in [7, 11) is 0. The Morgan fingerprint density at radius 1 is 1.29 bits per heavy atom. The standard InChI is InChI=1S/C12H11N5O4/c1-6(8-10(19)14-12(21)15-11(8)20)16-17-9(18)7-2-4-13-5-3-7/h2-5H,1H3,(H,17,18)(H3,14,15,19,20,21). The molecule has 2 heterocycles. The van der Waals surface area contributed by atoms with Crippen molar-refractivity contribution in [2.75, 3.05) is 0 Å². The molecule has 2 aromatic heterocycles. The molecule has 21 heavy (non-hydrogen) atoms. The molecule has 0 fully saturated rings. The van der Waals surface area contributed by atoms with Crippen molar-refractivity contribution in [1.29, 1.82) is 0 Å². The highest BCUT2D eigenvalue weighted by Crippen LogP contribution is 2.06. The Balaban J connectivity index is 2.25. The van der Waals surface area contributed by atoms with Gasteiger partial charge in [-0.1, -0.05) is 0 Å². The van der Waals surface area contributed by atoms with E-state index in [0.717, 1.165) is 0 Å². The van der Waals surface area contributed by atoms with Crippen LogP contribution >= 0.6 is 0 Å². The zero-order valence-corrected chi connectivity index (χ0v) is 10.9. The lowest BCUT2D eigenvalue weighted by molar-refractivity contribution is 0.0954. The summed E-state index contributed by atoms with van der Waals surface area (Å²) in [5.74, 6) is -1.12. The van der Waals surface area contributed by atoms with Crippen molar-refractivity contribution in [3.63, 3.8) is 0 Å². The second-order valence-corrected chi connectivity index (χ2v) is 4.01. The van der Waals surface area contributed by atoms with Gasteiger partial charge in [0.05, 0.1) is 5.71 Å². The number of aromatic nitrogens is 3. The molecule has 0 saturated carbocycles. The maximum Gasteiger partial charge on any atom is 0.328 e. The zero-order valence-electron chi connectivity index (χ0n) is 10.9. The van der Waals surface area contributed by atoms with Crippen molar-refractivity contribution in [2.24, 2.45) is 5.10 Å². The minimum Gasteiger partial charge on any atom is -0.494 e. The Hall–Kier alpha value is -3.23. The van der Waals surface area contributed by atoms with Crippen LogP contribution in [0.1, 0.15) is 22.8 Å². The molecule has 108 valence electrons. The van der Waals surface area contributed by atoms with E-state index in [4.69, 9.17) is 0 Å². The van der Waals surface area contributed by atoms with Crippen molar-refractivity contribution in [3.05, 3.63) is 56.5 Å². The summed E-state index contributed by atoms with van der Waals surface area (Å²) in [6, 6.07) is 2.98. The van der Waals surface area contributed by atoms with Gasteiger partial charge in [0.2, 0.25) is 5.88 Å². The summed E-state index contributed by atoms with van der Waals surface area (Å²) in [5, 5.41) is 13.3. The number of hydrogen-bond acceptors (Lipinski definition) is 6. The molecule has 0 atom stereocenters. The molecule has 0 aromatic carbocycles. The first kappa shape index (κ1) is 14.2. The number of carbonyl (C=O) groups excluding carboxylic acids is 1. The fraction of sp³-hybridized carbons (Fsp3) is 0.0833. The number of pyridine rings is 1. The molecule has 0 aliphatic rings. The third-order valence-electron chi connectivity index (χ3n) is 2.55. The first-order chi connectivity index (χ1) is 9.99. The van der Waals surface area contributed by atoms with Gasteiger partial charge in [0, 0.05) is 18.0 Å². The number of carbonyl (C=O) groups is 1. The van der Waals surface area contributed by atoms with Crippen LogP contribution < -0.4 is 16.7 Å². The van der Waals surface area contributed by atoms with Crippen LogP contribution in [0.2, 0.25) is 0 Å². The molecule has 0 aliphatic carbocycles. The highest BCUT2D eigenvalue weighted by atomic mass is 16.3. The van der Waals surface area contributed by atoms with Crippen LogP contribution in [0.3, 0.4) is 0 Å². The smallest absolute Gasteiger partial charge is 0.328 e. The number of amides is 1. The Morgan fingerprint density at radius 2 is 1.95 bits per heavy atom. The van der Waals surface area contributed by atoms with Crippen LogP contribution in [-0.2, 0) is 0 Å². The van der Waals surface area contributed by atoms with Gasteiger partial charge in [-0.2, -0.15) is 5.10 Å². The fourth-order valence-corrected chi connectivity index (χ4v) is 1.57. The first-order valence-electron chi connectivity index (χ1n) is 5.79. The van der Waals surface area contributed by atoms with E-state index in [1.54, 1.807) is 0 Å². The maximum atomic E-state index is 11.8. The minimum absolute atomic E-state index is 0.0346. The highest BCUT2D eigenvalue weighted by molar-refractivity contribution is 6.01. The van der Waals surface area contributed by atoms with Gasteiger partial charge in [0.1, 0.15) is 5.56 Å². The van der Waals surface area contributed by atoms with Gasteiger partial charge in [-0.25, -0.2) is 10.2 Å². The van der Waals surface area contributed by atoms with Crippen molar-refractivity contribution < 1.29 is 9.90 Å². The maximum absolute atomic E-state index is 11.8. The van der Waals surface area contributed by atoms with Crippen LogP contribution in [0.4, 0.5) is 0 Å². The van der Waals surface area contributed by atoms with E-state index in [-0.39, 0.29) is 11.3 Å². The number of aromatic hydroxyl groups is 1. The van der Waals surface area contributed by atoms with Gasteiger partial charge >= 0.3 is 5.69 Å². The average molecular weight is 289 g/mol. The summed E-state index contributed by atoms with van der Waals surface area (Å²) >= 11 is 0. The number of rotatable bonds is 3. The van der Waals surface area contributed by atoms with Crippen LogP contribution in [0.25, 0.3) is 0 Å². The second-order valence-electron chi connectivity index (χ2n) is 4.01.